The maximum atomic E-state index is 12.6. The van der Waals surface area contributed by atoms with Gasteiger partial charge in [0.2, 0.25) is 0 Å². The van der Waals surface area contributed by atoms with E-state index in [-0.39, 0.29) is 5.41 Å². The molecule has 1 unspecified atom stereocenters. The second-order valence-corrected chi connectivity index (χ2v) is 5.55. The summed E-state index contributed by atoms with van der Waals surface area (Å²) in [6.45, 7) is 6.10. The lowest BCUT2D eigenvalue weighted by molar-refractivity contribution is -0.127. The Labute approximate surface area is 110 Å². The summed E-state index contributed by atoms with van der Waals surface area (Å²) in [4.78, 5) is 12.6. The van der Waals surface area contributed by atoms with Gasteiger partial charge in [-0.05, 0) is 31.9 Å². The van der Waals surface area contributed by atoms with Gasteiger partial charge >= 0.3 is 0 Å². The molecule has 1 aliphatic heterocycles. The van der Waals surface area contributed by atoms with E-state index in [0.717, 1.165) is 37.9 Å². The van der Waals surface area contributed by atoms with Crippen LogP contribution in [0.3, 0.4) is 0 Å². The van der Waals surface area contributed by atoms with Crippen molar-refractivity contribution >= 4 is 5.78 Å². The number of aryl methyl sites for hydroxylation is 1. The number of ketones is 1. The molecule has 0 amide bonds. The molecule has 0 aliphatic carbocycles. The minimum atomic E-state index is -0.0987. The van der Waals surface area contributed by atoms with Gasteiger partial charge in [-0.2, -0.15) is 0 Å². The Morgan fingerprint density at radius 1 is 1.44 bits per heavy atom. The van der Waals surface area contributed by atoms with Crippen molar-refractivity contribution in [2.24, 2.45) is 5.41 Å². The fourth-order valence-electron chi connectivity index (χ4n) is 3.01. The largest absolute Gasteiger partial charge is 0.316 e. The molecule has 0 bridgehead atoms. The van der Waals surface area contributed by atoms with Gasteiger partial charge < -0.3 is 5.32 Å². The third-order valence-electron chi connectivity index (χ3n) is 4.01. The summed E-state index contributed by atoms with van der Waals surface area (Å²) in [5.41, 5.74) is 2.29. The number of nitrogens with one attached hydrogen (secondary N) is 1. The first-order valence-electron chi connectivity index (χ1n) is 6.96. The quantitative estimate of drug-likeness (QED) is 0.864. The lowest BCUT2D eigenvalue weighted by atomic mass is 9.76. The third kappa shape index (κ3) is 2.81. The van der Waals surface area contributed by atoms with E-state index in [1.165, 1.54) is 5.56 Å². The van der Waals surface area contributed by atoms with Crippen LogP contribution in [-0.2, 0) is 11.2 Å². The zero-order valence-electron chi connectivity index (χ0n) is 11.5. The van der Waals surface area contributed by atoms with E-state index in [9.17, 15) is 4.79 Å². The SMILES string of the molecule is CCCC1(C(=O)Cc2cccc(C)c2)CCNC1. The van der Waals surface area contributed by atoms with Crippen LogP contribution in [0, 0.1) is 12.3 Å². The van der Waals surface area contributed by atoms with Crippen molar-refractivity contribution in [3.63, 3.8) is 0 Å². The number of hydrogen-bond acceptors (Lipinski definition) is 2. The predicted molar refractivity (Wildman–Crippen MR) is 74.7 cm³/mol. The number of rotatable bonds is 5. The van der Waals surface area contributed by atoms with Crippen molar-refractivity contribution in [1.29, 1.82) is 0 Å². The minimum Gasteiger partial charge on any atom is -0.316 e. The van der Waals surface area contributed by atoms with E-state index in [0.29, 0.717) is 12.2 Å². The van der Waals surface area contributed by atoms with E-state index >= 15 is 0 Å². The van der Waals surface area contributed by atoms with Gasteiger partial charge in [-0.1, -0.05) is 43.2 Å². The molecule has 1 N–H and O–H groups in total. The van der Waals surface area contributed by atoms with Gasteiger partial charge in [-0.15, -0.1) is 0 Å². The summed E-state index contributed by atoms with van der Waals surface area (Å²) in [6.07, 6.45) is 3.70. The lowest BCUT2D eigenvalue weighted by Gasteiger charge is -2.26. The van der Waals surface area contributed by atoms with Crippen LogP contribution >= 0.6 is 0 Å². The molecule has 0 spiro atoms. The second-order valence-electron chi connectivity index (χ2n) is 5.55. The summed E-state index contributed by atoms with van der Waals surface area (Å²) >= 11 is 0. The van der Waals surface area contributed by atoms with Crippen molar-refractivity contribution in [3.8, 4) is 0 Å². The molecule has 1 aromatic carbocycles. The minimum absolute atomic E-state index is 0.0987. The van der Waals surface area contributed by atoms with Gasteiger partial charge in [0, 0.05) is 18.4 Å². The van der Waals surface area contributed by atoms with E-state index < -0.39 is 0 Å². The van der Waals surface area contributed by atoms with Crippen LogP contribution in [0.5, 0.6) is 0 Å². The maximum Gasteiger partial charge on any atom is 0.144 e. The molecule has 0 saturated carbocycles. The first-order chi connectivity index (χ1) is 8.66. The van der Waals surface area contributed by atoms with Gasteiger partial charge in [-0.25, -0.2) is 0 Å². The van der Waals surface area contributed by atoms with E-state index in [1.54, 1.807) is 0 Å². The molecule has 1 aromatic rings. The van der Waals surface area contributed by atoms with Gasteiger partial charge in [0.05, 0.1) is 0 Å². The van der Waals surface area contributed by atoms with Crippen LogP contribution in [0.25, 0.3) is 0 Å². The van der Waals surface area contributed by atoms with E-state index in [4.69, 9.17) is 0 Å². The van der Waals surface area contributed by atoms with Gasteiger partial charge in [0.15, 0.2) is 0 Å². The Balaban J connectivity index is 2.10. The maximum absolute atomic E-state index is 12.6. The summed E-state index contributed by atoms with van der Waals surface area (Å²) in [5.74, 6) is 0.417. The van der Waals surface area contributed by atoms with E-state index in [1.807, 2.05) is 6.07 Å². The number of carbonyl (C=O) groups excluding carboxylic acids is 1. The molecule has 1 fully saturated rings. The first-order valence-corrected chi connectivity index (χ1v) is 6.96. The van der Waals surface area contributed by atoms with Crippen molar-refractivity contribution < 1.29 is 4.79 Å². The standard InChI is InChI=1S/C16H23NO/c1-3-7-16(8-9-17-12-16)15(18)11-14-6-4-5-13(2)10-14/h4-6,10,17H,3,7-9,11-12H2,1-2H3. The average Bonchev–Trinajstić information content (AvgIpc) is 2.79. The smallest absolute Gasteiger partial charge is 0.144 e. The summed E-state index contributed by atoms with van der Waals surface area (Å²) in [7, 11) is 0. The van der Waals surface area contributed by atoms with Crippen LogP contribution < -0.4 is 5.32 Å². The number of carbonyl (C=O) groups is 1. The molecule has 98 valence electrons. The third-order valence-corrected chi connectivity index (χ3v) is 4.01. The fourth-order valence-corrected chi connectivity index (χ4v) is 3.01. The lowest BCUT2D eigenvalue weighted by Crippen LogP contribution is -2.34. The van der Waals surface area contributed by atoms with Crippen molar-refractivity contribution in [2.75, 3.05) is 13.1 Å². The molecule has 1 aliphatic rings. The van der Waals surface area contributed by atoms with Crippen LogP contribution in [-0.4, -0.2) is 18.9 Å². The van der Waals surface area contributed by atoms with Crippen molar-refractivity contribution in [1.82, 2.24) is 5.32 Å². The van der Waals surface area contributed by atoms with E-state index in [2.05, 4.69) is 37.4 Å². The zero-order chi connectivity index (χ0) is 13.0. The molecular weight excluding hydrogens is 222 g/mol. The number of Topliss-reactive ketones (excluding diaryl/α,β-unsaturated/α-hetero) is 1. The van der Waals surface area contributed by atoms with Crippen LogP contribution in [0.15, 0.2) is 24.3 Å². The van der Waals surface area contributed by atoms with Crippen molar-refractivity contribution in [2.45, 2.75) is 39.5 Å². The highest BCUT2D eigenvalue weighted by atomic mass is 16.1. The van der Waals surface area contributed by atoms with Gasteiger partial charge in [0.25, 0.3) is 0 Å². The zero-order valence-corrected chi connectivity index (χ0v) is 11.5. The van der Waals surface area contributed by atoms with Crippen molar-refractivity contribution in [3.05, 3.63) is 35.4 Å². The fraction of sp³-hybridized carbons (Fsp3) is 0.562. The molecule has 1 saturated heterocycles. The highest BCUT2D eigenvalue weighted by molar-refractivity contribution is 5.87. The highest BCUT2D eigenvalue weighted by Gasteiger charge is 2.39. The Hall–Kier alpha value is -1.15. The molecule has 18 heavy (non-hydrogen) atoms. The number of benzene rings is 1. The number of hydrogen-bond donors (Lipinski definition) is 1. The molecular formula is C16H23NO. The van der Waals surface area contributed by atoms with Crippen LogP contribution in [0.4, 0.5) is 0 Å². The molecule has 2 heteroatoms. The summed E-state index contributed by atoms with van der Waals surface area (Å²) in [6, 6.07) is 8.30. The van der Waals surface area contributed by atoms with Crippen LogP contribution in [0.1, 0.15) is 37.3 Å². The highest BCUT2D eigenvalue weighted by Crippen LogP contribution is 2.33. The molecule has 0 aromatic heterocycles. The topological polar surface area (TPSA) is 29.1 Å². The van der Waals surface area contributed by atoms with Gasteiger partial charge in [-0.3, -0.25) is 4.79 Å². The molecule has 0 radical (unpaired) electrons. The predicted octanol–water partition coefficient (Wildman–Crippen LogP) is 2.89. The molecule has 2 nitrogen and oxygen atoms in total. The normalized spacial score (nSPS) is 23.2. The van der Waals surface area contributed by atoms with Gasteiger partial charge in [0.1, 0.15) is 5.78 Å². The molecule has 1 atom stereocenters. The summed E-state index contributed by atoms with van der Waals surface area (Å²) in [5, 5.41) is 3.36. The Bertz CT molecular complexity index is 419. The average molecular weight is 245 g/mol. The first kappa shape index (κ1) is 13.3. The summed E-state index contributed by atoms with van der Waals surface area (Å²) < 4.78 is 0. The molecule has 1 heterocycles. The second kappa shape index (κ2) is 5.66. The van der Waals surface area contributed by atoms with Crippen LogP contribution in [0.2, 0.25) is 0 Å². The Morgan fingerprint density at radius 2 is 2.28 bits per heavy atom. The molecule has 2 rings (SSSR count). The Morgan fingerprint density at radius 3 is 2.89 bits per heavy atom. The monoisotopic (exact) mass is 245 g/mol. The Kier molecular flexibility index (Phi) is 4.18.